The Morgan fingerprint density at radius 3 is 2.53 bits per heavy atom. The molecule has 0 unspecified atom stereocenters. The lowest BCUT2D eigenvalue weighted by atomic mass is 10.0. The molecule has 0 aromatic heterocycles. The zero-order valence-electron chi connectivity index (χ0n) is 19.8. The predicted octanol–water partition coefficient (Wildman–Crippen LogP) is 2.75. The van der Waals surface area contributed by atoms with E-state index in [4.69, 9.17) is 14.2 Å². The van der Waals surface area contributed by atoms with Crippen molar-refractivity contribution in [1.29, 1.82) is 0 Å². The van der Waals surface area contributed by atoms with Gasteiger partial charge in [-0.15, -0.1) is 0 Å². The summed E-state index contributed by atoms with van der Waals surface area (Å²) in [5.41, 5.74) is 1.78. The Balaban J connectivity index is 1.66. The first-order valence-electron chi connectivity index (χ1n) is 11.3. The lowest BCUT2D eigenvalue weighted by Gasteiger charge is -2.40. The number of amides is 3. The quantitative estimate of drug-likeness (QED) is 0.570. The van der Waals surface area contributed by atoms with E-state index in [1.165, 1.54) is 19.1 Å². The zero-order chi connectivity index (χ0) is 24.4. The highest BCUT2D eigenvalue weighted by atomic mass is 16.5. The second-order valence-corrected chi connectivity index (χ2v) is 8.39. The summed E-state index contributed by atoms with van der Waals surface area (Å²) in [5.74, 6) is -0.211. The molecular formula is C25H29N3O6. The molecule has 9 heteroatoms. The summed E-state index contributed by atoms with van der Waals surface area (Å²) in [6.07, 6.45) is 0.0252. The van der Waals surface area contributed by atoms with E-state index in [1.807, 2.05) is 13.8 Å². The summed E-state index contributed by atoms with van der Waals surface area (Å²) < 4.78 is 16.4. The van der Waals surface area contributed by atoms with Crippen molar-refractivity contribution >= 4 is 23.4 Å². The van der Waals surface area contributed by atoms with Gasteiger partial charge < -0.3 is 24.4 Å². The molecule has 3 amide bonds. The number of carbonyl (C=O) groups excluding carboxylic acids is 3. The van der Waals surface area contributed by atoms with Crippen LogP contribution in [0, 0.1) is 0 Å². The van der Waals surface area contributed by atoms with Crippen LogP contribution in [0.4, 0.5) is 5.69 Å². The van der Waals surface area contributed by atoms with Gasteiger partial charge >= 0.3 is 0 Å². The molecule has 0 fully saturated rings. The van der Waals surface area contributed by atoms with E-state index < -0.39 is 6.17 Å². The Hall–Kier alpha value is -3.59. The fourth-order valence-corrected chi connectivity index (χ4v) is 4.42. The van der Waals surface area contributed by atoms with Crippen molar-refractivity contribution in [2.45, 2.75) is 32.5 Å². The maximum absolute atomic E-state index is 13.6. The van der Waals surface area contributed by atoms with Gasteiger partial charge in [0.1, 0.15) is 12.7 Å². The average Bonchev–Trinajstić information content (AvgIpc) is 3.13. The van der Waals surface area contributed by atoms with Crippen molar-refractivity contribution in [1.82, 2.24) is 10.2 Å². The van der Waals surface area contributed by atoms with Crippen LogP contribution in [0.3, 0.4) is 0 Å². The fourth-order valence-electron chi connectivity index (χ4n) is 4.42. The third-order valence-electron chi connectivity index (χ3n) is 5.89. The monoisotopic (exact) mass is 467 g/mol. The molecule has 2 aliphatic heterocycles. The first kappa shape index (κ1) is 23.6. The topological polar surface area (TPSA) is 97.4 Å². The van der Waals surface area contributed by atoms with Gasteiger partial charge in [-0.1, -0.05) is 18.2 Å². The summed E-state index contributed by atoms with van der Waals surface area (Å²) in [7, 11) is 2.97. The molecule has 2 aromatic rings. The van der Waals surface area contributed by atoms with Crippen LogP contribution in [0.1, 0.15) is 52.7 Å². The highest BCUT2D eigenvalue weighted by Crippen LogP contribution is 2.49. The summed E-state index contributed by atoms with van der Waals surface area (Å²) in [4.78, 5) is 42.8. The number of fused-ring (bicyclic) bond motifs is 5. The van der Waals surface area contributed by atoms with Gasteiger partial charge in [-0.2, -0.15) is 0 Å². The number of methoxy groups -OCH3 is 2. The number of para-hydroxylation sites is 1. The number of ether oxygens (including phenoxy) is 3. The molecular weight excluding hydrogens is 438 g/mol. The van der Waals surface area contributed by atoms with E-state index in [1.54, 1.807) is 41.3 Å². The SMILES string of the molecule is COc1ccc2c(c1OC)C(=O)N1c3ccccc3C(=O)N(CC(=O)NCCCOC(C)C)[C@H]21. The van der Waals surface area contributed by atoms with Crippen molar-refractivity contribution < 1.29 is 28.6 Å². The molecule has 1 atom stereocenters. The van der Waals surface area contributed by atoms with Crippen molar-refractivity contribution in [3.05, 3.63) is 53.1 Å². The van der Waals surface area contributed by atoms with Crippen LogP contribution in [-0.4, -0.2) is 62.6 Å². The summed E-state index contributed by atoms with van der Waals surface area (Å²) in [6.45, 7) is 4.68. The van der Waals surface area contributed by atoms with E-state index >= 15 is 0 Å². The number of nitrogens with zero attached hydrogens (tertiary/aromatic N) is 2. The lowest BCUT2D eigenvalue weighted by Crippen LogP contribution is -2.51. The minimum absolute atomic E-state index is 0.128. The van der Waals surface area contributed by atoms with Crippen LogP contribution < -0.4 is 19.7 Å². The maximum atomic E-state index is 13.6. The second kappa shape index (κ2) is 9.72. The number of benzene rings is 2. The molecule has 34 heavy (non-hydrogen) atoms. The molecule has 0 aliphatic carbocycles. The van der Waals surface area contributed by atoms with Gasteiger partial charge in [0.05, 0.1) is 37.1 Å². The third kappa shape index (κ3) is 4.07. The molecule has 1 N–H and O–H groups in total. The molecule has 4 rings (SSSR count). The lowest BCUT2D eigenvalue weighted by molar-refractivity contribution is -0.122. The van der Waals surface area contributed by atoms with Crippen LogP contribution in [0.5, 0.6) is 11.5 Å². The van der Waals surface area contributed by atoms with Gasteiger partial charge in [-0.3, -0.25) is 19.3 Å². The number of hydrogen-bond acceptors (Lipinski definition) is 6. The van der Waals surface area contributed by atoms with Crippen molar-refractivity contribution in [3.8, 4) is 11.5 Å². The van der Waals surface area contributed by atoms with E-state index in [9.17, 15) is 14.4 Å². The van der Waals surface area contributed by atoms with Crippen LogP contribution in [-0.2, 0) is 9.53 Å². The molecule has 9 nitrogen and oxygen atoms in total. The highest BCUT2D eigenvalue weighted by molar-refractivity contribution is 6.18. The Bertz CT molecular complexity index is 1120. The number of carbonyl (C=O) groups is 3. The van der Waals surface area contributed by atoms with E-state index in [0.29, 0.717) is 53.4 Å². The Labute approximate surface area is 198 Å². The van der Waals surface area contributed by atoms with Crippen LogP contribution >= 0.6 is 0 Å². The molecule has 0 spiro atoms. The molecule has 0 saturated heterocycles. The molecule has 2 aromatic carbocycles. The Morgan fingerprint density at radius 1 is 1.06 bits per heavy atom. The van der Waals surface area contributed by atoms with Crippen LogP contribution in [0.2, 0.25) is 0 Å². The van der Waals surface area contributed by atoms with Crippen molar-refractivity contribution in [2.24, 2.45) is 0 Å². The Morgan fingerprint density at radius 2 is 1.82 bits per heavy atom. The van der Waals surface area contributed by atoms with Gasteiger partial charge in [0.2, 0.25) is 5.91 Å². The Kier molecular flexibility index (Phi) is 6.74. The standard InChI is InChI=1S/C25H29N3O6/c1-15(2)34-13-7-12-26-20(29)14-27-23-17-10-11-19(32-3)22(33-4)21(17)25(31)28(23)18-9-6-5-8-16(18)24(27)30/h5-6,8-11,15,23H,7,12-14H2,1-4H3,(H,26,29)/t23-/m0/s1. The number of hydrogen-bond donors (Lipinski definition) is 1. The molecule has 0 saturated carbocycles. The molecule has 0 bridgehead atoms. The first-order chi connectivity index (χ1) is 16.4. The van der Waals surface area contributed by atoms with Gasteiger partial charge in [-0.05, 0) is 38.5 Å². The second-order valence-electron chi connectivity index (χ2n) is 8.39. The maximum Gasteiger partial charge on any atom is 0.264 e. The number of nitrogens with one attached hydrogen (secondary N) is 1. The predicted molar refractivity (Wildman–Crippen MR) is 125 cm³/mol. The van der Waals surface area contributed by atoms with E-state index in [2.05, 4.69) is 5.32 Å². The van der Waals surface area contributed by atoms with Gasteiger partial charge in [0, 0.05) is 18.7 Å². The van der Waals surface area contributed by atoms with E-state index in [-0.39, 0.29) is 30.4 Å². The first-order valence-corrected chi connectivity index (χ1v) is 11.3. The zero-order valence-corrected chi connectivity index (χ0v) is 19.8. The average molecular weight is 468 g/mol. The summed E-state index contributed by atoms with van der Waals surface area (Å²) >= 11 is 0. The molecule has 2 heterocycles. The third-order valence-corrected chi connectivity index (χ3v) is 5.89. The minimum Gasteiger partial charge on any atom is -0.493 e. The normalized spacial score (nSPS) is 16.3. The largest absolute Gasteiger partial charge is 0.493 e. The molecule has 2 aliphatic rings. The molecule has 180 valence electrons. The van der Waals surface area contributed by atoms with Gasteiger partial charge in [-0.25, -0.2) is 0 Å². The van der Waals surface area contributed by atoms with E-state index in [0.717, 1.165) is 0 Å². The van der Waals surface area contributed by atoms with Crippen molar-refractivity contribution in [3.63, 3.8) is 0 Å². The summed E-state index contributed by atoms with van der Waals surface area (Å²) in [5, 5.41) is 2.84. The highest BCUT2D eigenvalue weighted by Gasteiger charge is 2.50. The van der Waals surface area contributed by atoms with Crippen LogP contribution in [0.15, 0.2) is 36.4 Å². The number of anilines is 1. The number of rotatable bonds is 9. The minimum atomic E-state index is -0.764. The van der Waals surface area contributed by atoms with Gasteiger partial charge in [0.25, 0.3) is 11.8 Å². The molecule has 0 radical (unpaired) electrons. The summed E-state index contributed by atoms with van der Waals surface area (Å²) in [6, 6.07) is 10.4. The van der Waals surface area contributed by atoms with Crippen molar-refractivity contribution in [2.75, 3.05) is 38.8 Å². The fraction of sp³-hybridized carbons (Fsp3) is 0.400. The smallest absolute Gasteiger partial charge is 0.264 e. The van der Waals surface area contributed by atoms with Crippen LogP contribution in [0.25, 0.3) is 0 Å². The van der Waals surface area contributed by atoms with Gasteiger partial charge in [0.15, 0.2) is 11.5 Å².